The summed E-state index contributed by atoms with van der Waals surface area (Å²) in [5.41, 5.74) is 2.14. The van der Waals surface area contributed by atoms with Gasteiger partial charge in [-0.2, -0.15) is 5.26 Å². The maximum absolute atomic E-state index is 9.56. The van der Waals surface area contributed by atoms with Crippen molar-refractivity contribution in [3.63, 3.8) is 0 Å². The van der Waals surface area contributed by atoms with Crippen molar-refractivity contribution in [3.8, 4) is 6.07 Å². The predicted octanol–water partition coefficient (Wildman–Crippen LogP) is 5.79. The number of nitriles is 1. The first kappa shape index (κ1) is 14.9. The minimum absolute atomic E-state index is 0.151. The zero-order valence-electron chi connectivity index (χ0n) is 11.2. The van der Waals surface area contributed by atoms with Crippen LogP contribution in [0.4, 0.5) is 0 Å². The fraction of sp³-hybridized carbons (Fsp3) is 0.235. The Balaban J connectivity index is 2.35. The molecule has 2 aromatic rings. The highest BCUT2D eigenvalue weighted by Gasteiger charge is 2.23. The van der Waals surface area contributed by atoms with E-state index in [9.17, 15) is 5.26 Å². The molecule has 0 spiro atoms. The first-order chi connectivity index (χ1) is 9.65. The van der Waals surface area contributed by atoms with E-state index < -0.39 is 0 Å². The summed E-state index contributed by atoms with van der Waals surface area (Å²) in [7, 11) is 0. The van der Waals surface area contributed by atoms with Crippen molar-refractivity contribution >= 4 is 23.2 Å². The van der Waals surface area contributed by atoms with Gasteiger partial charge in [-0.15, -0.1) is 0 Å². The fourth-order valence-corrected chi connectivity index (χ4v) is 2.69. The topological polar surface area (TPSA) is 23.8 Å². The molecule has 0 aromatic heterocycles. The van der Waals surface area contributed by atoms with E-state index in [1.807, 2.05) is 48.5 Å². The molecule has 0 bridgehead atoms. The molecule has 102 valence electrons. The van der Waals surface area contributed by atoms with Crippen molar-refractivity contribution in [2.24, 2.45) is 0 Å². The summed E-state index contributed by atoms with van der Waals surface area (Å²) in [6.45, 7) is 2.10. The first-order valence-electron chi connectivity index (χ1n) is 6.56. The molecule has 2 atom stereocenters. The molecular weight excluding hydrogens is 289 g/mol. The Labute approximate surface area is 129 Å². The lowest BCUT2D eigenvalue weighted by Gasteiger charge is -2.21. The van der Waals surface area contributed by atoms with E-state index in [1.165, 1.54) is 0 Å². The zero-order valence-corrected chi connectivity index (χ0v) is 12.7. The van der Waals surface area contributed by atoms with E-state index in [2.05, 4.69) is 13.0 Å². The normalized spacial score (nSPS) is 13.5. The molecule has 0 N–H and O–H groups in total. The second-order valence-electron chi connectivity index (χ2n) is 4.72. The highest BCUT2D eigenvalue weighted by molar-refractivity contribution is 6.30. The molecule has 0 unspecified atom stereocenters. The lowest BCUT2D eigenvalue weighted by atomic mass is 9.81. The van der Waals surface area contributed by atoms with Crippen LogP contribution in [0.5, 0.6) is 0 Å². The van der Waals surface area contributed by atoms with Crippen LogP contribution in [0.15, 0.2) is 48.5 Å². The molecule has 3 heteroatoms. The van der Waals surface area contributed by atoms with Gasteiger partial charge in [0.25, 0.3) is 0 Å². The van der Waals surface area contributed by atoms with Crippen molar-refractivity contribution in [2.75, 3.05) is 0 Å². The van der Waals surface area contributed by atoms with Gasteiger partial charge in [0.1, 0.15) is 0 Å². The lowest BCUT2D eigenvalue weighted by Crippen LogP contribution is -2.09. The second-order valence-corrected chi connectivity index (χ2v) is 5.60. The van der Waals surface area contributed by atoms with E-state index in [0.717, 1.165) is 17.5 Å². The van der Waals surface area contributed by atoms with E-state index in [0.29, 0.717) is 10.0 Å². The van der Waals surface area contributed by atoms with Crippen molar-refractivity contribution < 1.29 is 0 Å². The highest BCUT2D eigenvalue weighted by atomic mass is 35.5. The Kier molecular flexibility index (Phi) is 5.06. The monoisotopic (exact) mass is 303 g/mol. The first-order valence-corrected chi connectivity index (χ1v) is 7.31. The summed E-state index contributed by atoms with van der Waals surface area (Å²) < 4.78 is 0. The van der Waals surface area contributed by atoms with E-state index >= 15 is 0 Å². The van der Waals surface area contributed by atoms with Gasteiger partial charge in [-0.1, -0.05) is 54.4 Å². The lowest BCUT2D eigenvalue weighted by molar-refractivity contribution is 0.607. The molecule has 2 aromatic carbocycles. The summed E-state index contributed by atoms with van der Waals surface area (Å²) in [5, 5.41) is 11.0. The number of hydrogen-bond acceptors (Lipinski definition) is 1. The molecule has 0 amide bonds. The maximum atomic E-state index is 9.56. The molecule has 0 saturated heterocycles. The van der Waals surface area contributed by atoms with Gasteiger partial charge >= 0.3 is 0 Å². The third-order valence-corrected chi connectivity index (χ3v) is 4.01. The average Bonchev–Trinajstić information content (AvgIpc) is 2.47. The minimum Gasteiger partial charge on any atom is -0.198 e. The van der Waals surface area contributed by atoms with Crippen LogP contribution in [0.3, 0.4) is 0 Å². The molecule has 0 radical (unpaired) electrons. The highest BCUT2D eigenvalue weighted by Crippen LogP contribution is 2.35. The van der Waals surface area contributed by atoms with E-state index in [-0.39, 0.29) is 11.8 Å². The Morgan fingerprint density at radius 3 is 1.75 bits per heavy atom. The zero-order chi connectivity index (χ0) is 14.5. The summed E-state index contributed by atoms with van der Waals surface area (Å²) in [5.74, 6) is -0.0307. The molecule has 20 heavy (non-hydrogen) atoms. The van der Waals surface area contributed by atoms with Crippen LogP contribution in [0, 0.1) is 11.3 Å². The molecule has 0 aliphatic heterocycles. The molecule has 0 aliphatic rings. The van der Waals surface area contributed by atoms with Crippen LogP contribution in [0.2, 0.25) is 10.0 Å². The standard InChI is InChI=1S/C17H15Cl2N/c1-2-16(12-3-7-14(18)8-4-12)17(11-20)13-5-9-15(19)10-6-13/h3-10,16-17H,2H2,1H3/t16-,17-/m0/s1. The van der Waals surface area contributed by atoms with Gasteiger partial charge in [0, 0.05) is 16.0 Å². The molecule has 0 saturated carbocycles. The Morgan fingerprint density at radius 1 is 0.900 bits per heavy atom. The van der Waals surface area contributed by atoms with Crippen LogP contribution in [0.25, 0.3) is 0 Å². The fourth-order valence-electron chi connectivity index (χ4n) is 2.44. The SMILES string of the molecule is CC[C@@H](c1ccc(Cl)cc1)[C@@H](C#N)c1ccc(Cl)cc1. The van der Waals surface area contributed by atoms with Crippen LogP contribution in [0.1, 0.15) is 36.3 Å². The largest absolute Gasteiger partial charge is 0.198 e. The Hall–Kier alpha value is -1.49. The van der Waals surface area contributed by atoms with Crippen LogP contribution < -0.4 is 0 Å². The molecular formula is C17H15Cl2N. The average molecular weight is 304 g/mol. The quantitative estimate of drug-likeness (QED) is 0.701. The van der Waals surface area contributed by atoms with Crippen LogP contribution >= 0.6 is 23.2 Å². The van der Waals surface area contributed by atoms with Crippen molar-refractivity contribution in [1.82, 2.24) is 0 Å². The van der Waals surface area contributed by atoms with Gasteiger partial charge in [0.15, 0.2) is 0 Å². The number of rotatable bonds is 4. The third kappa shape index (κ3) is 3.33. The molecule has 2 rings (SSSR count). The summed E-state index contributed by atoms with van der Waals surface area (Å²) in [6, 6.07) is 17.7. The van der Waals surface area contributed by atoms with E-state index in [1.54, 1.807) is 0 Å². The van der Waals surface area contributed by atoms with Crippen LogP contribution in [-0.2, 0) is 0 Å². The van der Waals surface area contributed by atoms with Gasteiger partial charge in [0.05, 0.1) is 12.0 Å². The van der Waals surface area contributed by atoms with Gasteiger partial charge in [-0.3, -0.25) is 0 Å². The van der Waals surface area contributed by atoms with Gasteiger partial charge in [0.2, 0.25) is 0 Å². The van der Waals surface area contributed by atoms with E-state index in [4.69, 9.17) is 23.2 Å². The summed E-state index contributed by atoms with van der Waals surface area (Å²) in [4.78, 5) is 0. The number of halogens is 2. The van der Waals surface area contributed by atoms with Crippen molar-refractivity contribution in [3.05, 3.63) is 69.7 Å². The maximum Gasteiger partial charge on any atom is 0.0781 e. The number of nitrogens with zero attached hydrogens (tertiary/aromatic N) is 1. The third-order valence-electron chi connectivity index (χ3n) is 3.51. The second kappa shape index (κ2) is 6.79. The minimum atomic E-state index is -0.182. The van der Waals surface area contributed by atoms with Crippen LogP contribution in [-0.4, -0.2) is 0 Å². The molecule has 0 heterocycles. The summed E-state index contributed by atoms with van der Waals surface area (Å²) >= 11 is 11.8. The van der Waals surface area contributed by atoms with Crippen molar-refractivity contribution in [1.29, 1.82) is 5.26 Å². The Morgan fingerprint density at radius 2 is 1.35 bits per heavy atom. The molecule has 1 nitrogen and oxygen atoms in total. The van der Waals surface area contributed by atoms with Gasteiger partial charge < -0.3 is 0 Å². The predicted molar refractivity (Wildman–Crippen MR) is 84.3 cm³/mol. The molecule has 0 aliphatic carbocycles. The van der Waals surface area contributed by atoms with Gasteiger partial charge in [-0.05, 0) is 41.8 Å². The van der Waals surface area contributed by atoms with Crippen molar-refractivity contribution in [2.45, 2.75) is 25.2 Å². The smallest absolute Gasteiger partial charge is 0.0781 e. The Bertz CT molecular complexity index is 596. The number of benzene rings is 2. The number of hydrogen-bond donors (Lipinski definition) is 0. The molecule has 0 fully saturated rings. The van der Waals surface area contributed by atoms with Gasteiger partial charge in [-0.25, -0.2) is 0 Å². The summed E-state index contributed by atoms with van der Waals surface area (Å²) in [6.07, 6.45) is 0.891.